The second kappa shape index (κ2) is 4.12. The van der Waals surface area contributed by atoms with E-state index in [9.17, 15) is 0 Å². The van der Waals surface area contributed by atoms with Gasteiger partial charge in [0.05, 0.1) is 35.6 Å². The minimum absolute atomic E-state index is 0.787. The molecule has 3 aromatic rings. The highest BCUT2D eigenvalue weighted by atomic mass is 15.4. The molecule has 0 spiro atoms. The molecule has 100 valence electrons. The first-order valence-electron chi connectivity index (χ1n) is 6.45. The lowest BCUT2D eigenvalue weighted by Crippen LogP contribution is -2.24. The Labute approximate surface area is 116 Å². The molecule has 1 aliphatic rings. The number of aromatic nitrogens is 4. The van der Waals surface area contributed by atoms with Crippen LogP contribution in [0.4, 0.5) is 17.3 Å². The van der Waals surface area contributed by atoms with E-state index in [1.807, 2.05) is 18.3 Å². The number of aromatic amines is 2. The molecule has 0 saturated carbocycles. The Morgan fingerprint density at radius 3 is 2.75 bits per heavy atom. The topological polar surface area (TPSA) is 63.8 Å². The van der Waals surface area contributed by atoms with Crippen LogP contribution in [0.15, 0.2) is 42.7 Å². The summed E-state index contributed by atoms with van der Waals surface area (Å²) in [7, 11) is 2.08. The normalized spacial score (nSPS) is 13.8. The van der Waals surface area contributed by atoms with Gasteiger partial charge in [0.1, 0.15) is 0 Å². The molecule has 0 radical (unpaired) electrons. The zero-order valence-electron chi connectivity index (χ0n) is 11.0. The lowest BCUT2D eigenvalue weighted by molar-refractivity contribution is 0.921. The molecule has 0 bridgehead atoms. The molecule has 2 aromatic heterocycles. The highest BCUT2D eigenvalue weighted by Crippen LogP contribution is 2.38. The largest absolute Gasteiger partial charge is 0.355 e. The molecular formula is C14H14N6. The fourth-order valence-electron chi connectivity index (χ4n) is 2.55. The van der Waals surface area contributed by atoms with Gasteiger partial charge in [-0.3, -0.25) is 10.00 Å². The van der Waals surface area contributed by atoms with Crippen LogP contribution in [-0.4, -0.2) is 33.9 Å². The summed E-state index contributed by atoms with van der Waals surface area (Å²) in [4.78, 5) is 12.2. The molecule has 0 fully saturated rings. The van der Waals surface area contributed by atoms with Crippen molar-refractivity contribution in [1.82, 2.24) is 20.2 Å². The first-order chi connectivity index (χ1) is 9.83. The van der Waals surface area contributed by atoms with E-state index in [1.165, 1.54) is 11.4 Å². The van der Waals surface area contributed by atoms with E-state index in [0.29, 0.717) is 0 Å². The summed E-state index contributed by atoms with van der Waals surface area (Å²) in [5.74, 6) is 0.839. The molecule has 1 aliphatic heterocycles. The average molecular weight is 266 g/mol. The van der Waals surface area contributed by atoms with Gasteiger partial charge in [0.15, 0.2) is 0 Å². The molecule has 0 saturated heterocycles. The fourth-order valence-corrected chi connectivity index (χ4v) is 2.55. The lowest BCUT2D eigenvalue weighted by Gasteiger charge is -2.15. The number of fused-ring (bicyclic) bond motifs is 1. The van der Waals surface area contributed by atoms with Crippen LogP contribution in [0.2, 0.25) is 0 Å². The highest BCUT2D eigenvalue weighted by molar-refractivity contribution is 5.80. The number of rotatable bonds is 2. The maximum Gasteiger partial charge on any atom is 0.209 e. The van der Waals surface area contributed by atoms with Crippen LogP contribution in [0.5, 0.6) is 0 Å². The van der Waals surface area contributed by atoms with Crippen LogP contribution in [0.3, 0.4) is 0 Å². The zero-order valence-corrected chi connectivity index (χ0v) is 11.0. The third-order valence-corrected chi connectivity index (χ3v) is 3.55. The summed E-state index contributed by atoms with van der Waals surface area (Å²) >= 11 is 0. The molecule has 6 heteroatoms. The van der Waals surface area contributed by atoms with Crippen molar-refractivity contribution in [3.8, 4) is 11.4 Å². The number of nitrogens with one attached hydrogen (secondary N) is 2. The molecule has 20 heavy (non-hydrogen) atoms. The van der Waals surface area contributed by atoms with Gasteiger partial charge in [-0.1, -0.05) is 12.1 Å². The fraction of sp³-hybridized carbons (Fsp3) is 0.143. The van der Waals surface area contributed by atoms with E-state index in [1.54, 1.807) is 6.20 Å². The van der Waals surface area contributed by atoms with E-state index in [-0.39, 0.29) is 0 Å². The quantitative estimate of drug-likeness (QED) is 0.747. The Morgan fingerprint density at radius 1 is 1.10 bits per heavy atom. The number of imidazole rings is 1. The van der Waals surface area contributed by atoms with Crippen molar-refractivity contribution in [2.24, 2.45) is 0 Å². The van der Waals surface area contributed by atoms with Gasteiger partial charge in [0.25, 0.3) is 0 Å². The van der Waals surface area contributed by atoms with E-state index < -0.39 is 0 Å². The summed E-state index contributed by atoms with van der Waals surface area (Å²) in [6, 6.07) is 10.2. The number of H-pyrrole nitrogens is 2. The van der Waals surface area contributed by atoms with E-state index in [4.69, 9.17) is 0 Å². The van der Waals surface area contributed by atoms with Crippen molar-refractivity contribution in [2.45, 2.75) is 0 Å². The van der Waals surface area contributed by atoms with Crippen LogP contribution in [0, 0.1) is 0 Å². The average Bonchev–Trinajstić information content (AvgIpc) is 3.17. The van der Waals surface area contributed by atoms with Gasteiger partial charge in [0.2, 0.25) is 5.95 Å². The summed E-state index contributed by atoms with van der Waals surface area (Å²) in [6.07, 6.45) is 3.55. The molecule has 0 unspecified atom stereocenters. The monoisotopic (exact) mass is 266 g/mol. The van der Waals surface area contributed by atoms with Crippen LogP contribution in [-0.2, 0) is 0 Å². The number of nitrogens with zero attached hydrogens (tertiary/aromatic N) is 4. The predicted octanol–water partition coefficient (Wildman–Crippen LogP) is 2.35. The molecule has 0 atom stereocenters. The third-order valence-electron chi connectivity index (χ3n) is 3.55. The highest BCUT2D eigenvalue weighted by Gasteiger charge is 2.25. The molecule has 0 aliphatic carbocycles. The first-order valence-corrected chi connectivity index (χ1v) is 6.45. The standard InChI is InChI=1S/C14H14N6/c1-19-9-20(13-5-3-2-4-12(13)19)14-15-8-11(17-14)10-6-7-16-18-10/h2-8H,9H2,1H3,(H,15,17)(H,16,18). The van der Waals surface area contributed by atoms with Gasteiger partial charge in [-0.2, -0.15) is 5.10 Å². The minimum atomic E-state index is 0.787. The Bertz CT molecular complexity index is 730. The molecule has 4 rings (SSSR count). The number of hydrogen-bond donors (Lipinski definition) is 2. The van der Waals surface area contributed by atoms with Crippen LogP contribution in [0.25, 0.3) is 11.4 Å². The Balaban J connectivity index is 1.73. The van der Waals surface area contributed by atoms with Crippen molar-refractivity contribution in [1.29, 1.82) is 0 Å². The van der Waals surface area contributed by atoms with Crippen molar-refractivity contribution < 1.29 is 0 Å². The second-order valence-corrected chi connectivity index (χ2v) is 4.85. The van der Waals surface area contributed by atoms with Gasteiger partial charge in [-0.15, -0.1) is 0 Å². The van der Waals surface area contributed by atoms with Gasteiger partial charge in [-0.25, -0.2) is 4.98 Å². The van der Waals surface area contributed by atoms with E-state index >= 15 is 0 Å². The van der Waals surface area contributed by atoms with Crippen molar-refractivity contribution >= 4 is 17.3 Å². The Hall–Kier alpha value is -2.76. The second-order valence-electron chi connectivity index (χ2n) is 4.85. The molecule has 6 nitrogen and oxygen atoms in total. The molecule has 1 aromatic carbocycles. The van der Waals surface area contributed by atoms with Crippen LogP contribution < -0.4 is 9.80 Å². The predicted molar refractivity (Wildman–Crippen MR) is 78.0 cm³/mol. The molecule has 0 amide bonds. The SMILES string of the molecule is CN1CN(c2ncc(-c3ccn[nH]3)[nH]2)c2ccccc21. The first kappa shape index (κ1) is 11.1. The van der Waals surface area contributed by atoms with E-state index in [2.05, 4.69) is 55.2 Å². The van der Waals surface area contributed by atoms with Gasteiger partial charge in [0, 0.05) is 13.2 Å². The van der Waals surface area contributed by atoms with Crippen molar-refractivity contribution in [3.05, 3.63) is 42.7 Å². The molecular weight excluding hydrogens is 252 g/mol. The number of benzene rings is 1. The summed E-state index contributed by atoms with van der Waals surface area (Å²) in [5.41, 5.74) is 4.25. The molecule has 3 heterocycles. The summed E-state index contributed by atoms with van der Waals surface area (Å²) < 4.78 is 0. The number of hydrogen-bond acceptors (Lipinski definition) is 4. The number of anilines is 3. The zero-order chi connectivity index (χ0) is 13.5. The van der Waals surface area contributed by atoms with Crippen LogP contribution >= 0.6 is 0 Å². The Morgan fingerprint density at radius 2 is 1.95 bits per heavy atom. The van der Waals surface area contributed by atoms with Crippen LogP contribution in [0.1, 0.15) is 0 Å². The molecule has 2 N–H and O–H groups in total. The lowest BCUT2D eigenvalue weighted by atomic mass is 10.2. The van der Waals surface area contributed by atoms with Gasteiger partial charge >= 0.3 is 0 Å². The smallest absolute Gasteiger partial charge is 0.209 e. The van der Waals surface area contributed by atoms with Crippen molar-refractivity contribution in [2.75, 3.05) is 23.5 Å². The summed E-state index contributed by atoms with van der Waals surface area (Å²) in [5, 5.41) is 6.89. The van der Waals surface area contributed by atoms with Gasteiger partial charge < -0.3 is 9.88 Å². The van der Waals surface area contributed by atoms with Gasteiger partial charge in [-0.05, 0) is 18.2 Å². The number of para-hydroxylation sites is 2. The minimum Gasteiger partial charge on any atom is -0.355 e. The summed E-state index contributed by atoms with van der Waals surface area (Å²) in [6.45, 7) is 0.787. The maximum atomic E-state index is 4.48. The third kappa shape index (κ3) is 1.58. The Kier molecular flexibility index (Phi) is 2.29. The van der Waals surface area contributed by atoms with Crippen molar-refractivity contribution in [3.63, 3.8) is 0 Å². The maximum absolute atomic E-state index is 4.48. The van der Waals surface area contributed by atoms with E-state index in [0.717, 1.165) is 24.0 Å².